The van der Waals surface area contributed by atoms with Gasteiger partial charge in [-0.1, -0.05) is 41.9 Å². The monoisotopic (exact) mass is 490 g/mol. The first-order valence-corrected chi connectivity index (χ1v) is 12.9. The smallest absolute Gasteiger partial charge is 0.236 e. The number of halogens is 1. The van der Waals surface area contributed by atoms with Crippen molar-refractivity contribution in [1.82, 2.24) is 9.62 Å². The van der Waals surface area contributed by atoms with Crippen molar-refractivity contribution < 1.29 is 22.7 Å². The Morgan fingerprint density at radius 3 is 2.61 bits per heavy atom. The number of nitrogens with zero attached hydrogens (tertiary/aromatic N) is 1. The number of hydrogen-bond acceptors (Lipinski definition) is 5. The van der Waals surface area contributed by atoms with Crippen LogP contribution < -0.4 is 14.8 Å². The van der Waals surface area contributed by atoms with Crippen LogP contribution in [0.15, 0.2) is 47.9 Å². The Balaban J connectivity index is 1.29. The normalized spacial score (nSPS) is 17.6. The van der Waals surface area contributed by atoms with Gasteiger partial charge < -0.3 is 14.8 Å². The fraction of sp³-hybridized carbons (Fsp3) is 0.375. The fourth-order valence-corrected chi connectivity index (χ4v) is 5.42. The zero-order valence-electron chi connectivity index (χ0n) is 18.2. The molecule has 176 valence electrons. The highest BCUT2D eigenvalue weighted by atomic mass is 35.5. The number of rotatable bonds is 6. The number of amides is 1. The number of piperidine rings is 1. The summed E-state index contributed by atoms with van der Waals surface area (Å²) in [6, 6.07) is 12.9. The number of carbonyl (C=O) groups is 1. The van der Waals surface area contributed by atoms with Gasteiger partial charge in [-0.15, -0.1) is 0 Å². The van der Waals surface area contributed by atoms with Gasteiger partial charge in [0.15, 0.2) is 11.5 Å². The Bertz CT molecular complexity index is 1110. The number of hydrogen-bond donors (Lipinski definition) is 1. The lowest BCUT2D eigenvalue weighted by Gasteiger charge is -2.29. The molecule has 33 heavy (non-hydrogen) atoms. The molecule has 0 bridgehead atoms. The lowest BCUT2D eigenvalue weighted by Crippen LogP contribution is -2.42. The number of carbonyl (C=O) groups excluding carboxylic acids is 1. The van der Waals surface area contributed by atoms with Crippen molar-refractivity contribution in [2.24, 2.45) is 5.92 Å². The molecule has 0 unspecified atom stereocenters. The molecule has 0 aromatic heterocycles. The van der Waals surface area contributed by atoms with Crippen LogP contribution in [0.2, 0.25) is 5.02 Å². The van der Waals surface area contributed by atoms with Crippen LogP contribution in [0.5, 0.6) is 11.5 Å². The van der Waals surface area contributed by atoms with Crippen molar-refractivity contribution in [2.75, 3.05) is 26.3 Å². The van der Waals surface area contributed by atoms with Crippen LogP contribution in [-0.4, -0.2) is 44.9 Å². The van der Waals surface area contributed by atoms with E-state index in [4.69, 9.17) is 21.1 Å². The molecule has 0 radical (unpaired) electrons. The largest absolute Gasteiger partial charge is 0.489 e. The van der Waals surface area contributed by atoms with Gasteiger partial charge in [0.05, 0.1) is 18.2 Å². The van der Waals surface area contributed by atoms with E-state index in [9.17, 15) is 13.2 Å². The van der Waals surface area contributed by atoms with Crippen molar-refractivity contribution in [1.29, 1.82) is 0 Å². The molecule has 2 aliphatic heterocycles. The van der Waals surface area contributed by atoms with Gasteiger partial charge >= 0.3 is 0 Å². The van der Waals surface area contributed by atoms with Gasteiger partial charge in [0.2, 0.25) is 15.9 Å². The highest BCUT2D eigenvalue weighted by Gasteiger charge is 2.30. The van der Waals surface area contributed by atoms with Crippen molar-refractivity contribution in [3.63, 3.8) is 0 Å². The van der Waals surface area contributed by atoms with Crippen LogP contribution in [-0.2, 0) is 21.4 Å². The van der Waals surface area contributed by atoms with Gasteiger partial charge in [-0.05, 0) is 42.2 Å². The molecule has 4 rings (SSSR count). The first kappa shape index (κ1) is 23.6. The fourth-order valence-electron chi connectivity index (χ4n) is 3.91. The summed E-state index contributed by atoms with van der Waals surface area (Å²) in [5.74, 6) is 0.811. The van der Waals surface area contributed by atoms with E-state index in [-0.39, 0.29) is 11.8 Å². The number of ether oxygens (including phenoxy) is 2. The Labute approximate surface area is 199 Å². The predicted molar refractivity (Wildman–Crippen MR) is 128 cm³/mol. The van der Waals surface area contributed by atoms with Crippen LogP contribution in [0, 0.1) is 5.92 Å². The van der Waals surface area contributed by atoms with E-state index < -0.39 is 10.0 Å². The van der Waals surface area contributed by atoms with E-state index in [1.165, 1.54) is 9.71 Å². The minimum Gasteiger partial charge on any atom is -0.489 e. The summed E-state index contributed by atoms with van der Waals surface area (Å²) in [5, 5.41) is 4.63. The minimum absolute atomic E-state index is 0.0879. The maximum Gasteiger partial charge on any atom is 0.236 e. The second-order valence-corrected chi connectivity index (χ2v) is 10.3. The molecular formula is C24H27ClN2O5S. The van der Waals surface area contributed by atoms with Crippen molar-refractivity contribution in [3.05, 3.63) is 64.0 Å². The number of nitrogens with one attached hydrogen (secondary N) is 1. The predicted octanol–water partition coefficient (Wildman–Crippen LogP) is 3.83. The number of benzene rings is 2. The summed E-state index contributed by atoms with van der Waals surface area (Å²) < 4.78 is 38.0. The summed E-state index contributed by atoms with van der Waals surface area (Å²) in [5.41, 5.74) is 1.65. The molecule has 1 fully saturated rings. The highest BCUT2D eigenvalue weighted by molar-refractivity contribution is 7.92. The maximum atomic E-state index is 12.7. The van der Waals surface area contributed by atoms with E-state index in [0.717, 1.165) is 17.5 Å². The molecule has 0 atom stereocenters. The van der Waals surface area contributed by atoms with Crippen LogP contribution in [0.1, 0.15) is 30.4 Å². The molecule has 1 amide bonds. The van der Waals surface area contributed by atoms with E-state index in [0.29, 0.717) is 62.2 Å². The van der Waals surface area contributed by atoms with Crippen LogP contribution in [0.3, 0.4) is 0 Å². The van der Waals surface area contributed by atoms with Gasteiger partial charge in [0.1, 0.15) is 0 Å². The summed E-state index contributed by atoms with van der Waals surface area (Å²) in [4.78, 5) is 12.7. The van der Waals surface area contributed by atoms with Gasteiger partial charge in [0, 0.05) is 37.4 Å². The Hall–Kier alpha value is -2.55. The Morgan fingerprint density at radius 1 is 1.12 bits per heavy atom. The third-order valence-corrected chi connectivity index (χ3v) is 7.59. The lowest BCUT2D eigenvalue weighted by atomic mass is 9.97. The Morgan fingerprint density at radius 2 is 1.85 bits per heavy atom. The molecule has 1 N–H and O–H groups in total. The van der Waals surface area contributed by atoms with Gasteiger partial charge in [-0.3, -0.25) is 4.79 Å². The summed E-state index contributed by atoms with van der Waals surface area (Å²) in [6.45, 7) is 2.05. The lowest BCUT2D eigenvalue weighted by molar-refractivity contribution is -0.126. The van der Waals surface area contributed by atoms with Gasteiger partial charge in [0.25, 0.3) is 0 Å². The first-order chi connectivity index (χ1) is 15.9. The standard InChI is InChI=1S/C24H27ClN2O5S/c25-21-15-19(16-22-23(21)32-13-4-12-31-22)17-26-24(28)20-7-10-27(11-8-20)33(29,30)14-9-18-5-2-1-3-6-18/h1-3,5-6,9,14-16,20H,4,7-8,10-13,17H2,(H,26,28)/b14-9+. The maximum absolute atomic E-state index is 12.7. The zero-order valence-corrected chi connectivity index (χ0v) is 19.8. The van der Waals surface area contributed by atoms with E-state index in [1.54, 1.807) is 12.1 Å². The second kappa shape index (κ2) is 10.6. The molecule has 9 heteroatoms. The summed E-state index contributed by atoms with van der Waals surface area (Å²) >= 11 is 6.32. The molecule has 1 saturated heterocycles. The average Bonchev–Trinajstić information content (AvgIpc) is 3.08. The van der Waals surface area contributed by atoms with Crippen molar-refractivity contribution >= 4 is 33.6 Å². The van der Waals surface area contributed by atoms with Crippen LogP contribution >= 0.6 is 11.6 Å². The molecule has 0 saturated carbocycles. The van der Waals surface area contributed by atoms with Crippen LogP contribution in [0.4, 0.5) is 0 Å². The first-order valence-electron chi connectivity index (χ1n) is 11.0. The van der Waals surface area contributed by atoms with Crippen LogP contribution in [0.25, 0.3) is 6.08 Å². The molecule has 2 heterocycles. The summed E-state index contributed by atoms with van der Waals surface area (Å²) in [7, 11) is -3.52. The van der Waals surface area contributed by atoms with Crippen molar-refractivity contribution in [2.45, 2.75) is 25.8 Å². The van der Waals surface area contributed by atoms with Crippen molar-refractivity contribution in [3.8, 4) is 11.5 Å². The Kier molecular flexibility index (Phi) is 7.57. The summed E-state index contributed by atoms with van der Waals surface area (Å²) in [6.07, 6.45) is 3.33. The van der Waals surface area contributed by atoms with Gasteiger partial charge in [-0.2, -0.15) is 4.31 Å². The molecule has 0 aliphatic carbocycles. The molecular weight excluding hydrogens is 464 g/mol. The topological polar surface area (TPSA) is 84.9 Å². The SMILES string of the molecule is O=C(NCc1cc(Cl)c2c(c1)OCCCO2)C1CCN(S(=O)(=O)/C=C/c2ccccc2)CC1. The second-order valence-electron chi connectivity index (χ2n) is 8.10. The third kappa shape index (κ3) is 6.07. The molecule has 2 aromatic carbocycles. The van der Waals surface area contributed by atoms with E-state index >= 15 is 0 Å². The zero-order chi connectivity index (χ0) is 23.3. The number of sulfonamides is 1. The molecule has 7 nitrogen and oxygen atoms in total. The third-order valence-electron chi connectivity index (χ3n) is 5.75. The molecule has 0 spiro atoms. The average molecular weight is 491 g/mol. The van der Waals surface area contributed by atoms with E-state index in [2.05, 4.69) is 5.32 Å². The molecule has 2 aromatic rings. The quantitative estimate of drug-likeness (QED) is 0.665. The minimum atomic E-state index is -3.52. The molecule has 2 aliphatic rings. The van der Waals surface area contributed by atoms with Gasteiger partial charge in [-0.25, -0.2) is 8.42 Å². The van der Waals surface area contributed by atoms with E-state index in [1.807, 2.05) is 36.4 Å². The highest BCUT2D eigenvalue weighted by Crippen LogP contribution is 2.38. The number of fused-ring (bicyclic) bond motifs is 1.